The van der Waals surface area contributed by atoms with Gasteiger partial charge >= 0.3 is 0 Å². The summed E-state index contributed by atoms with van der Waals surface area (Å²) >= 11 is 3.47. The molecule has 0 unspecified atom stereocenters. The molecule has 0 spiro atoms. The SMILES string of the molecule is O=C(S)c1c(O)cccc1O. The zero-order valence-electron chi connectivity index (χ0n) is 5.48. The first-order valence-electron chi connectivity index (χ1n) is 2.87. The summed E-state index contributed by atoms with van der Waals surface area (Å²) in [4.78, 5) is 10.6. The second-order valence-electron chi connectivity index (χ2n) is 1.98. The fraction of sp³-hybridized carbons (Fsp3) is 0. The Kier molecular flexibility index (Phi) is 2.05. The van der Waals surface area contributed by atoms with Crippen LogP contribution >= 0.6 is 12.6 Å². The van der Waals surface area contributed by atoms with Crippen molar-refractivity contribution in [1.29, 1.82) is 0 Å². The van der Waals surface area contributed by atoms with Gasteiger partial charge in [0.2, 0.25) is 5.12 Å². The van der Waals surface area contributed by atoms with Crippen molar-refractivity contribution in [1.82, 2.24) is 0 Å². The van der Waals surface area contributed by atoms with E-state index in [1.807, 2.05) is 0 Å². The lowest BCUT2D eigenvalue weighted by Crippen LogP contribution is -1.89. The van der Waals surface area contributed by atoms with Crippen molar-refractivity contribution in [3.8, 4) is 11.5 Å². The molecule has 0 aliphatic rings. The van der Waals surface area contributed by atoms with Crippen LogP contribution in [-0.2, 0) is 0 Å². The first-order chi connectivity index (χ1) is 5.13. The second kappa shape index (κ2) is 2.84. The molecule has 0 fully saturated rings. The molecule has 3 nitrogen and oxygen atoms in total. The molecule has 1 aromatic rings. The van der Waals surface area contributed by atoms with E-state index in [4.69, 9.17) is 10.2 Å². The van der Waals surface area contributed by atoms with Gasteiger partial charge in [-0.25, -0.2) is 0 Å². The molecule has 0 amide bonds. The Balaban J connectivity index is 3.32. The van der Waals surface area contributed by atoms with Crippen LogP contribution in [0.1, 0.15) is 10.4 Å². The highest BCUT2D eigenvalue weighted by Crippen LogP contribution is 2.27. The quantitative estimate of drug-likeness (QED) is 0.554. The topological polar surface area (TPSA) is 57.5 Å². The highest BCUT2D eigenvalue weighted by Gasteiger charge is 2.11. The predicted octanol–water partition coefficient (Wildman–Crippen LogP) is 1.17. The molecule has 4 heteroatoms. The zero-order chi connectivity index (χ0) is 8.43. The Hall–Kier alpha value is -1.16. The molecule has 0 aromatic heterocycles. The van der Waals surface area contributed by atoms with Gasteiger partial charge in [0.1, 0.15) is 17.1 Å². The molecule has 0 aliphatic carbocycles. The van der Waals surface area contributed by atoms with Crippen molar-refractivity contribution >= 4 is 17.7 Å². The predicted molar refractivity (Wildman–Crippen MR) is 43.1 cm³/mol. The summed E-state index contributed by atoms with van der Waals surface area (Å²) < 4.78 is 0. The van der Waals surface area contributed by atoms with Crippen LogP contribution in [-0.4, -0.2) is 15.3 Å². The van der Waals surface area contributed by atoms with Gasteiger partial charge in [-0.3, -0.25) is 4.79 Å². The van der Waals surface area contributed by atoms with Crippen molar-refractivity contribution in [2.75, 3.05) is 0 Å². The van der Waals surface area contributed by atoms with Crippen molar-refractivity contribution in [3.63, 3.8) is 0 Å². The summed E-state index contributed by atoms with van der Waals surface area (Å²) in [6.45, 7) is 0. The summed E-state index contributed by atoms with van der Waals surface area (Å²) in [6, 6.07) is 4.05. The lowest BCUT2D eigenvalue weighted by molar-refractivity contribution is 0.108. The third-order valence-corrected chi connectivity index (χ3v) is 1.46. The number of rotatable bonds is 1. The number of hydrogen-bond donors (Lipinski definition) is 3. The normalized spacial score (nSPS) is 9.55. The third-order valence-electron chi connectivity index (χ3n) is 1.23. The minimum atomic E-state index is -0.652. The van der Waals surface area contributed by atoms with Gasteiger partial charge in [-0.05, 0) is 12.1 Å². The fourth-order valence-electron chi connectivity index (χ4n) is 0.747. The molecule has 1 aromatic carbocycles. The number of thiol groups is 1. The number of phenols is 2. The van der Waals surface area contributed by atoms with Gasteiger partial charge in [0, 0.05) is 0 Å². The highest BCUT2D eigenvalue weighted by molar-refractivity contribution is 7.97. The summed E-state index contributed by atoms with van der Waals surface area (Å²) in [5.74, 6) is -0.519. The number of hydrogen-bond acceptors (Lipinski definition) is 3. The van der Waals surface area contributed by atoms with Gasteiger partial charge in [0.25, 0.3) is 0 Å². The summed E-state index contributed by atoms with van der Waals surface area (Å²) in [7, 11) is 0. The summed E-state index contributed by atoms with van der Waals surface area (Å²) in [6.07, 6.45) is 0. The number of benzene rings is 1. The van der Waals surface area contributed by atoms with Crippen molar-refractivity contribution in [2.45, 2.75) is 0 Å². The van der Waals surface area contributed by atoms with E-state index in [1.165, 1.54) is 18.2 Å². The summed E-state index contributed by atoms with van der Waals surface area (Å²) in [5.41, 5.74) is -0.157. The maximum absolute atomic E-state index is 10.6. The van der Waals surface area contributed by atoms with Crippen LogP contribution in [0.25, 0.3) is 0 Å². The minimum absolute atomic E-state index is 0.157. The first kappa shape index (κ1) is 7.94. The van der Waals surface area contributed by atoms with Crippen LogP contribution in [0, 0.1) is 0 Å². The molecule has 0 atom stereocenters. The van der Waals surface area contributed by atoms with Crippen LogP contribution in [0.2, 0.25) is 0 Å². The van der Waals surface area contributed by atoms with Crippen LogP contribution in [0.15, 0.2) is 18.2 Å². The van der Waals surface area contributed by atoms with Gasteiger partial charge in [-0.15, -0.1) is 12.6 Å². The molecule has 0 saturated carbocycles. The van der Waals surface area contributed by atoms with Crippen molar-refractivity contribution in [2.24, 2.45) is 0 Å². The maximum atomic E-state index is 10.6. The smallest absolute Gasteiger partial charge is 0.223 e. The maximum Gasteiger partial charge on any atom is 0.223 e. The largest absolute Gasteiger partial charge is 0.507 e. The molecular formula is C7H6O3S. The summed E-state index contributed by atoms with van der Waals surface area (Å²) in [5, 5.41) is 17.4. The molecule has 2 N–H and O–H groups in total. The Morgan fingerprint density at radius 2 is 1.73 bits per heavy atom. The molecule has 58 valence electrons. The standard InChI is InChI=1S/C7H6O3S/c8-4-2-1-3-5(9)6(4)7(10)11/h1-3,8-9H,(H,10,11). The van der Waals surface area contributed by atoms with Crippen molar-refractivity contribution < 1.29 is 15.0 Å². The van der Waals surface area contributed by atoms with E-state index in [-0.39, 0.29) is 17.1 Å². The molecule has 0 aliphatic heterocycles. The molecule has 11 heavy (non-hydrogen) atoms. The van der Waals surface area contributed by atoms with Crippen LogP contribution < -0.4 is 0 Å². The van der Waals surface area contributed by atoms with Crippen LogP contribution in [0.4, 0.5) is 0 Å². The molecule has 0 heterocycles. The monoisotopic (exact) mass is 170 g/mol. The number of aromatic hydroxyl groups is 2. The van der Waals surface area contributed by atoms with Crippen LogP contribution in [0.3, 0.4) is 0 Å². The number of carbonyl (C=O) groups excluding carboxylic acids is 1. The van der Waals surface area contributed by atoms with E-state index < -0.39 is 5.12 Å². The van der Waals surface area contributed by atoms with Gasteiger partial charge in [-0.2, -0.15) is 0 Å². The minimum Gasteiger partial charge on any atom is -0.507 e. The number of carbonyl (C=O) groups is 1. The van der Waals surface area contributed by atoms with Gasteiger partial charge < -0.3 is 10.2 Å². The highest BCUT2D eigenvalue weighted by atomic mass is 32.1. The van der Waals surface area contributed by atoms with E-state index >= 15 is 0 Å². The van der Waals surface area contributed by atoms with Gasteiger partial charge in [-0.1, -0.05) is 6.07 Å². The van der Waals surface area contributed by atoms with E-state index in [1.54, 1.807) is 0 Å². The Morgan fingerprint density at radius 1 is 1.27 bits per heavy atom. The molecule has 0 bridgehead atoms. The average molecular weight is 170 g/mol. The molecule has 0 radical (unpaired) electrons. The van der Waals surface area contributed by atoms with E-state index in [0.717, 1.165) is 0 Å². The van der Waals surface area contributed by atoms with Gasteiger partial charge in [0.05, 0.1) is 0 Å². The first-order valence-corrected chi connectivity index (χ1v) is 3.32. The van der Waals surface area contributed by atoms with Crippen LogP contribution in [0.5, 0.6) is 11.5 Å². The Labute approximate surface area is 68.7 Å². The van der Waals surface area contributed by atoms with Gasteiger partial charge in [0.15, 0.2) is 0 Å². The Morgan fingerprint density at radius 3 is 2.00 bits per heavy atom. The second-order valence-corrected chi connectivity index (χ2v) is 2.38. The molecule has 0 saturated heterocycles. The molecular weight excluding hydrogens is 164 g/mol. The van der Waals surface area contributed by atoms with Crippen molar-refractivity contribution in [3.05, 3.63) is 23.8 Å². The van der Waals surface area contributed by atoms with E-state index in [0.29, 0.717) is 0 Å². The average Bonchev–Trinajstić information content (AvgIpc) is 1.85. The lowest BCUT2D eigenvalue weighted by Gasteiger charge is -2.00. The van der Waals surface area contributed by atoms with E-state index in [9.17, 15) is 4.79 Å². The van der Waals surface area contributed by atoms with E-state index in [2.05, 4.69) is 12.6 Å². The third kappa shape index (κ3) is 1.46. The Bertz CT molecular complexity index is 275. The number of phenolic OH excluding ortho intramolecular Hbond substituents is 2. The molecule has 1 rings (SSSR count). The lowest BCUT2D eigenvalue weighted by atomic mass is 10.2. The fourth-order valence-corrected chi connectivity index (χ4v) is 0.977. The zero-order valence-corrected chi connectivity index (χ0v) is 6.38.